The number of ether oxygens (including phenoxy) is 1. The first-order valence-corrected chi connectivity index (χ1v) is 11.8. The van der Waals surface area contributed by atoms with Crippen LogP contribution >= 0.6 is 0 Å². The van der Waals surface area contributed by atoms with Crippen molar-refractivity contribution in [3.63, 3.8) is 0 Å². The molecule has 2 aromatic heterocycles. The average molecular weight is 478 g/mol. The van der Waals surface area contributed by atoms with Gasteiger partial charge in [0.25, 0.3) is 0 Å². The molecule has 3 heterocycles. The third kappa shape index (κ3) is 5.03. The first-order valence-electron chi connectivity index (χ1n) is 11.8. The summed E-state index contributed by atoms with van der Waals surface area (Å²) in [5.41, 5.74) is 3.29. The molecule has 1 fully saturated rings. The zero-order chi connectivity index (χ0) is 24.7. The summed E-state index contributed by atoms with van der Waals surface area (Å²) in [4.78, 5) is 31.1. The molecular formula is C26H28FN5O3. The first kappa shape index (κ1) is 23.0. The SMILES string of the molecule is CC(C)(C)OC(=O)N1CCn2nc(-c3ccc(F)cc3)c(-c3ccnc(NC(=O)C4CC4)c3)c2C1. The molecule has 9 heteroatoms. The lowest BCUT2D eigenvalue weighted by atomic mass is 9.98. The summed E-state index contributed by atoms with van der Waals surface area (Å²) in [5.74, 6) is 0.164. The summed E-state index contributed by atoms with van der Waals surface area (Å²) in [5, 5.41) is 7.73. The van der Waals surface area contributed by atoms with Crippen molar-refractivity contribution in [2.24, 2.45) is 5.92 Å². The Labute approximate surface area is 203 Å². The lowest BCUT2D eigenvalue weighted by Gasteiger charge is -2.30. The van der Waals surface area contributed by atoms with E-state index in [4.69, 9.17) is 9.84 Å². The highest BCUT2D eigenvalue weighted by atomic mass is 19.1. The van der Waals surface area contributed by atoms with E-state index in [1.165, 1.54) is 12.1 Å². The van der Waals surface area contributed by atoms with Gasteiger partial charge in [-0.2, -0.15) is 5.10 Å². The van der Waals surface area contributed by atoms with E-state index in [9.17, 15) is 14.0 Å². The fourth-order valence-corrected chi connectivity index (χ4v) is 4.14. The summed E-state index contributed by atoms with van der Waals surface area (Å²) in [6.07, 6.45) is 3.06. The highest BCUT2D eigenvalue weighted by Crippen LogP contribution is 2.38. The van der Waals surface area contributed by atoms with Crippen molar-refractivity contribution in [1.82, 2.24) is 19.7 Å². The third-order valence-electron chi connectivity index (χ3n) is 6.00. The Morgan fingerprint density at radius 3 is 2.51 bits per heavy atom. The van der Waals surface area contributed by atoms with Gasteiger partial charge in [0.1, 0.15) is 22.9 Å². The Kier molecular flexibility index (Phi) is 5.78. The number of nitrogens with one attached hydrogen (secondary N) is 1. The molecule has 0 radical (unpaired) electrons. The van der Waals surface area contributed by atoms with E-state index in [1.807, 2.05) is 37.6 Å². The van der Waals surface area contributed by atoms with Crippen molar-refractivity contribution in [3.05, 3.63) is 54.1 Å². The Hall–Kier alpha value is -3.75. The molecular weight excluding hydrogens is 449 g/mol. The Balaban J connectivity index is 1.55. The molecule has 2 aliphatic rings. The van der Waals surface area contributed by atoms with Gasteiger partial charge in [0, 0.05) is 29.8 Å². The highest BCUT2D eigenvalue weighted by molar-refractivity contribution is 5.94. The van der Waals surface area contributed by atoms with E-state index in [0.717, 1.165) is 35.2 Å². The van der Waals surface area contributed by atoms with Crippen LogP contribution in [0.4, 0.5) is 15.0 Å². The second-order valence-electron chi connectivity index (χ2n) is 10.00. The van der Waals surface area contributed by atoms with Gasteiger partial charge < -0.3 is 15.0 Å². The number of halogens is 1. The zero-order valence-electron chi connectivity index (χ0n) is 20.0. The fraction of sp³-hybridized carbons (Fsp3) is 0.385. The number of nitrogens with zero attached hydrogens (tertiary/aromatic N) is 4. The minimum Gasteiger partial charge on any atom is -0.444 e. The van der Waals surface area contributed by atoms with Gasteiger partial charge in [-0.3, -0.25) is 9.48 Å². The number of hydrogen-bond acceptors (Lipinski definition) is 5. The molecule has 35 heavy (non-hydrogen) atoms. The van der Waals surface area contributed by atoms with E-state index in [2.05, 4.69) is 10.3 Å². The maximum atomic E-state index is 13.6. The number of fused-ring (bicyclic) bond motifs is 1. The van der Waals surface area contributed by atoms with Gasteiger partial charge in [-0.05, 0) is 75.6 Å². The quantitative estimate of drug-likeness (QED) is 0.580. The molecule has 0 atom stereocenters. The summed E-state index contributed by atoms with van der Waals surface area (Å²) < 4.78 is 21.1. The molecule has 182 valence electrons. The van der Waals surface area contributed by atoms with Crippen molar-refractivity contribution >= 4 is 17.8 Å². The number of benzene rings is 1. The third-order valence-corrected chi connectivity index (χ3v) is 6.00. The lowest BCUT2D eigenvalue weighted by molar-refractivity contribution is -0.117. The molecule has 0 spiro atoms. The second kappa shape index (κ2) is 8.79. The van der Waals surface area contributed by atoms with Crippen LogP contribution in [0.15, 0.2) is 42.6 Å². The lowest BCUT2D eigenvalue weighted by Crippen LogP contribution is -2.41. The minimum absolute atomic E-state index is 0.0263. The Morgan fingerprint density at radius 2 is 1.83 bits per heavy atom. The molecule has 1 aromatic carbocycles. The molecule has 1 aliphatic carbocycles. The molecule has 1 saturated carbocycles. The number of anilines is 1. The standard InChI is InChI=1S/C26H28FN5O3/c1-26(2,3)35-25(34)31-12-13-32-20(15-31)22(23(30-32)16-6-8-19(27)9-7-16)18-10-11-28-21(14-18)29-24(33)17-4-5-17/h6-11,14,17H,4-5,12-13,15H2,1-3H3,(H,28,29,33). The van der Waals surface area contributed by atoms with Crippen molar-refractivity contribution < 1.29 is 18.7 Å². The van der Waals surface area contributed by atoms with Crippen molar-refractivity contribution in [1.29, 1.82) is 0 Å². The van der Waals surface area contributed by atoms with E-state index < -0.39 is 5.60 Å². The van der Waals surface area contributed by atoms with Crippen LogP contribution in [0.3, 0.4) is 0 Å². The summed E-state index contributed by atoms with van der Waals surface area (Å²) in [7, 11) is 0. The minimum atomic E-state index is -0.601. The topological polar surface area (TPSA) is 89.3 Å². The van der Waals surface area contributed by atoms with E-state index in [0.29, 0.717) is 31.1 Å². The van der Waals surface area contributed by atoms with Gasteiger partial charge in [-0.1, -0.05) is 0 Å². The summed E-state index contributed by atoms with van der Waals surface area (Å²) >= 11 is 0. The van der Waals surface area contributed by atoms with Gasteiger partial charge in [0.05, 0.1) is 18.8 Å². The summed E-state index contributed by atoms with van der Waals surface area (Å²) in [6.45, 7) is 6.79. The predicted molar refractivity (Wildman–Crippen MR) is 129 cm³/mol. The van der Waals surface area contributed by atoms with Crippen LogP contribution < -0.4 is 5.32 Å². The van der Waals surface area contributed by atoms with Gasteiger partial charge >= 0.3 is 6.09 Å². The average Bonchev–Trinajstić information content (AvgIpc) is 3.59. The molecule has 3 aromatic rings. The van der Waals surface area contributed by atoms with Crippen LogP contribution in [0.2, 0.25) is 0 Å². The molecule has 0 bridgehead atoms. The largest absolute Gasteiger partial charge is 0.444 e. The first-order chi connectivity index (χ1) is 16.7. The number of hydrogen-bond donors (Lipinski definition) is 1. The van der Waals surface area contributed by atoms with E-state index >= 15 is 0 Å². The predicted octanol–water partition coefficient (Wildman–Crippen LogP) is 4.85. The monoisotopic (exact) mass is 477 g/mol. The molecule has 0 saturated heterocycles. The number of carbonyl (C=O) groups excluding carboxylic acids is 2. The van der Waals surface area contributed by atoms with Gasteiger partial charge in [0.15, 0.2) is 0 Å². The number of rotatable bonds is 4. The van der Waals surface area contributed by atoms with Gasteiger partial charge in [0.2, 0.25) is 5.91 Å². The van der Waals surface area contributed by atoms with Gasteiger partial charge in [-0.15, -0.1) is 0 Å². The molecule has 2 amide bonds. The van der Waals surface area contributed by atoms with E-state index in [-0.39, 0.29) is 23.7 Å². The summed E-state index contributed by atoms with van der Waals surface area (Å²) in [6, 6.07) is 9.85. The van der Waals surface area contributed by atoms with Crippen LogP contribution in [0.5, 0.6) is 0 Å². The number of carbonyl (C=O) groups is 2. The van der Waals surface area contributed by atoms with Crippen LogP contribution in [-0.4, -0.2) is 43.8 Å². The number of amides is 2. The van der Waals surface area contributed by atoms with Crippen LogP contribution in [0, 0.1) is 11.7 Å². The normalized spacial score (nSPS) is 15.5. The Morgan fingerprint density at radius 1 is 1.09 bits per heavy atom. The van der Waals surface area contributed by atoms with Crippen molar-refractivity contribution in [3.8, 4) is 22.4 Å². The maximum absolute atomic E-state index is 13.6. The number of aromatic nitrogens is 3. The fourth-order valence-electron chi connectivity index (χ4n) is 4.14. The van der Waals surface area contributed by atoms with Gasteiger partial charge in [-0.25, -0.2) is 14.2 Å². The van der Waals surface area contributed by atoms with Crippen LogP contribution in [0.25, 0.3) is 22.4 Å². The molecule has 8 nitrogen and oxygen atoms in total. The molecule has 1 aliphatic heterocycles. The van der Waals surface area contributed by atoms with Crippen molar-refractivity contribution in [2.45, 2.75) is 52.3 Å². The zero-order valence-corrected chi connectivity index (χ0v) is 20.0. The highest BCUT2D eigenvalue weighted by Gasteiger charge is 2.32. The van der Waals surface area contributed by atoms with Crippen LogP contribution in [0.1, 0.15) is 39.3 Å². The number of pyridine rings is 1. The smallest absolute Gasteiger partial charge is 0.410 e. The van der Waals surface area contributed by atoms with Crippen LogP contribution in [-0.2, 0) is 22.6 Å². The molecule has 0 unspecified atom stereocenters. The Bertz CT molecular complexity index is 1280. The molecule has 5 rings (SSSR count). The second-order valence-corrected chi connectivity index (χ2v) is 10.00. The van der Waals surface area contributed by atoms with Crippen molar-refractivity contribution in [2.75, 3.05) is 11.9 Å². The maximum Gasteiger partial charge on any atom is 0.410 e. The molecule has 1 N–H and O–H groups in total. The van der Waals surface area contributed by atoms with E-state index in [1.54, 1.807) is 23.2 Å².